The molecule has 3 aromatic carbocycles. The van der Waals surface area contributed by atoms with E-state index in [1.165, 1.54) is 6.07 Å². The van der Waals surface area contributed by atoms with Gasteiger partial charge in [-0.25, -0.2) is 9.07 Å². The van der Waals surface area contributed by atoms with Crippen LogP contribution in [0.15, 0.2) is 66.9 Å². The molecule has 0 radical (unpaired) electrons. The Balaban J connectivity index is 1.74. The van der Waals surface area contributed by atoms with Gasteiger partial charge in [0.05, 0.1) is 29.0 Å². The molecule has 4 nitrogen and oxygen atoms in total. The van der Waals surface area contributed by atoms with Crippen LogP contribution in [0.25, 0.3) is 27.7 Å². The molecule has 0 amide bonds. The van der Waals surface area contributed by atoms with Gasteiger partial charge in [-0.2, -0.15) is 10.4 Å². The van der Waals surface area contributed by atoms with E-state index in [0.717, 1.165) is 27.7 Å². The smallest absolute Gasteiger partial charge is 0.250 e. The number of aromatic nitrogens is 2. The van der Waals surface area contributed by atoms with Gasteiger partial charge < -0.3 is 4.43 Å². The summed E-state index contributed by atoms with van der Waals surface area (Å²) < 4.78 is 22.6. The summed E-state index contributed by atoms with van der Waals surface area (Å²) in [6, 6.07) is 20.6. The molecule has 0 aliphatic carbocycles. The average Bonchev–Trinajstić information content (AvgIpc) is 3.17. The van der Waals surface area contributed by atoms with Crippen LogP contribution in [0.2, 0.25) is 18.1 Å². The monoisotopic (exact) mass is 443 g/mol. The number of fused-ring (bicyclic) bond motifs is 1. The van der Waals surface area contributed by atoms with E-state index >= 15 is 0 Å². The molecule has 1 aromatic heterocycles. The number of nitrogens with zero attached hydrogens (tertiary/aromatic N) is 3. The number of rotatable bonds is 4. The Hall–Kier alpha value is -3.43. The zero-order chi connectivity index (χ0) is 23.1. The quantitative estimate of drug-likeness (QED) is 0.316. The summed E-state index contributed by atoms with van der Waals surface area (Å²) in [6.45, 7) is 10.6. The maximum atomic E-state index is 14.6. The van der Waals surface area contributed by atoms with Gasteiger partial charge >= 0.3 is 0 Å². The predicted molar refractivity (Wildman–Crippen MR) is 129 cm³/mol. The summed E-state index contributed by atoms with van der Waals surface area (Å²) >= 11 is 0. The number of hydrogen-bond acceptors (Lipinski definition) is 3. The molecule has 0 aliphatic rings. The van der Waals surface area contributed by atoms with Gasteiger partial charge in [-0.05, 0) is 59.6 Å². The van der Waals surface area contributed by atoms with Crippen LogP contribution in [-0.2, 0) is 0 Å². The van der Waals surface area contributed by atoms with Gasteiger partial charge in [-0.3, -0.25) is 0 Å². The Morgan fingerprint density at radius 2 is 1.78 bits per heavy atom. The SMILES string of the molecule is CC(C)(C)[Si](C)(C)Oc1cc(-n2ncc3cc(-c4ccccc4C#N)ccc32)ccc1F. The Morgan fingerprint density at radius 1 is 1.03 bits per heavy atom. The first-order chi connectivity index (χ1) is 15.1. The Bertz CT molecular complexity index is 1350. The minimum atomic E-state index is -2.19. The molecule has 0 N–H and O–H groups in total. The van der Waals surface area contributed by atoms with Crippen LogP contribution >= 0.6 is 0 Å². The van der Waals surface area contributed by atoms with Crippen molar-refractivity contribution in [2.24, 2.45) is 0 Å². The van der Waals surface area contributed by atoms with Gasteiger partial charge in [-0.1, -0.05) is 45.0 Å². The van der Waals surface area contributed by atoms with Gasteiger partial charge in [-0.15, -0.1) is 0 Å². The minimum absolute atomic E-state index is 0.0377. The van der Waals surface area contributed by atoms with Crippen molar-refractivity contribution in [3.05, 3.63) is 78.2 Å². The summed E-state index contributed by atoms with van der Waals surface area (Å²) in [6.07, 6.45) is 1.78. The number of nitriles is 1. The third-order valence-corrected chi connectivity index (χ3v) is 10.6. The lowest BCUT2D eigenvalue weighted by atomic mass is 9.99. The topological polar surface area (TPSA) is 50.8 Å². The molecule has 32 heavy (non-hydrogen) atoms. The van der Waals surface area contributed by atoms with Crippen molar-refractivity contribution in [2.75, 3.05) is 0 Å². The molecule has 0 aliphatic heterocycles. The molecular weight excluding hydrogens is 417 g/mol. The molecule has 0 saturated heterocycles. The van der Waals surface area contributed by atoms with Crippen LogP contribution in [0.5, 0.6) is 5.75 Å². The fraction of sp³-hybridized carbons (Fsp3) is 0.231. The van der Waals surface area contributed by atoms with E-state index in [-0.39, 0.29) is 16.6 Å². The van der Waals surface area contributed by atoms with E-state index in [4.69, 9.17) is 4.43 Å². The summed E-state index contributed by atoms with van der Waals surface area (Å²) in [4.78, 5) is 0. The lowest BCUT2D eigenvalue weighted by Gasteiger charge is -2.36. The minimum Gasteiger partial charge on any atom is -0.541 e. The van der Waals surface area contributed by atoms with Crippen LogP contribution in [0, 0.1) is 17.1 Å². The van der Waals surface area contributed by atoms with Gasteiger partial charge in [0.1, 0.15) is 5.75 Å². The highest BCUT2D eigenvalue weighted by atomic mass is 28.4. The molecule has 0 saturated carbocycles. The lowest BCUT2D eigenvalue weighted by molar-refractivity contribution is 0.456. The summed E-state index contributed by atoms with van der Waals surface area (Å²) in [5.41, 5.74) is 4.10. The zero-order valence-electron chi connectivity index (χ0n) is 19.0. The molecule has 0 fully saturated rings. The third-order valence-electron chi connectivity index (χ3n) is 6.26. The predicted octanol–water partition coefficient (Wildman–Crippen LogP) is 7.09. The van der Waals surface area contributed by atoms with E-state index in [2.05, 4.69) is 45.0 Å². The summed E-state index contributed by atoms with van der Waals surface area (Å²) in [5.74, 6) is -0.109. The second-order valence-electron chi connectivity index (χ2n) is 9.46. The van der Waals surface area contributed by atoms with Crippen LogP contribution in [0.3, 0.4) is 0 Å². The van der Waals surface area contributed by atoms with Crippen LogP contribution in [0.4, 0.5) is 4.39 Å². The molecule has 0 unspecified atom stereocenters. The standard InChI is InChI=1S/C26H26FN3OSi/c1-26(2,3)32(4,5)31-25-15-21(11-12-23(25)27)30-24-13-10-18(14-20(24)17-29-30)22-9-7-6-8-19(22)16-28/h6-15,17H,1-5H3. The van der Waals surface area contributed by atoms with Crippen molar-refractivity contribution in [1.29, 1.82) is 5.26 Å². The van der Waals surface area contributed by atoms with Crippen LogP contribution < -0.4 is 4.43 Å². The van der Waals surface area contributed by atoms with Crippen LogP contribution in [0.1, 0.15) is 26.3 Å². The van der Waals surface area contributed by atoms with Crippen molar-refractivity contribution in [3.63, 3.8) is 0 Å². The second-order valence-corrected chi connectivity index (χ2v) is 14.2. The second kappa shape index (κ2) is 7.92. The third kappa shape index (κ3) is 3.92. The van der Waals surface area contributed by atoms with Crippen LogP contribution in [-0.4, -0.2) is 18.1 Å². The average molecular weight is 444 g/mol. The molecular formula is C26H26FN3OSi. The molecule has 4 rings (SSSR count). The van der Waals surface area contributed by atoms with E-state index in [0.29, 0.717) is 5.56 Å². The lowest BCUT2D eigenvalue weighted by Crippen LogP contribution is -2.44. The first-order valence-electron chi connectivity index (χ1n) is 10.6. The normalized spacial score (nSPS) is 12.0. The molecule has 0 spiro atoms. The first kappa shape index (κ1) is 21.8. The van der Waals surface area contributed by atoms with E-state index in [9.17, 15) is 9.65 Å². The number of hydrogen-bond donors (Lipinski definition) is 0. The van der Waals surface area contributed by atoms with E-state index in [1.54, 1.807) is 23.0 Å². The molecule has 0 atom stereocenters. The van der Waals surface area contributed by atoms with Crippen molar-refractivity contribution in [2.45, 2.75) is 38.9 Å². The molecule has 162 valence electrons. The Labute approximate surface area is 189 Å². The van der Waals surface area contributed by atoms with E-state index < -0.39 is 8.32 Å². The van der Waals surface area contributed by atoms with Gasteiger partial charge in [0.15, 0.2) is 5.82 Å². The highest BCUT2D eigenvalue weighted by Gasteiger charge is 2.39. The molecule has 4 aromatic rings. The van der Waals surface area contributed by atoms with Crippen molar-refractivity contribution < 1.29 is 8.82 Å². The van der Waals surface area contributed by atoms with Crippen molar-refractivity contribution >= 4 is 19.2 Å². The van der Waals surface area contributed by atoms with Crippen molar-refractivity contribution in [3.8, 4) is 28.6 Å². The van der Waals surface area contributed by atoms with Gasteiger partial charge in [0.2, 0.25) is 0 Å². The maximum absolute atomic E-state index is 14.6. The zero-order valence-corrected chi connectivity index (χ0v) is 20.0. The highest BCUT2D eigenvalue weighted by Crippen LogP contribution is 2.38. The Morgan fingerprint density at radius 3 is 2.50 bits per heavy atom. The van der Waals surface area contributed by atoms with Gasteiger partial charge in [0, 0.05) is 11.5 Å². The summed E-state index contributed by atoms with van der Waals surface area (Å²) in [5, 5.41) is 14.9. The largest absolute Gasteiger partial charge is 0.541 e. The number of benzene rings is 3. The first-order valence-corrected chi connectivity index (χ1v) is 13.5. The molecule has 1 heterocycles. The number of halogens is 1. The highest BCUT2D eigenvalue weighted by molar-refractivity contribution is 6.74. The summed E-state index contributed by atoms with van der Waals surface area (Å²) in [7, 11) is -2.19. The fourth-order valence-electron chi connectivity index (χ4n) is 3.37. The molecule has 0 bridgehead atoms. The van der Waals surface area contributed by atoms with Crippen molar-refractivity contribution in [1.82, 2.24) is 9.78 Å². The fourth-order valence-corrected chi connectivity index (χ4v) is 4.38. The van der Waals surface area contributed by atoms with E-state index in [1.807, 2.05) is 42.5 Å². The van der Waals surface area contributed by atoms with Gasteiger partial charge in [0.25, 0.3) is 8.32 Å². The maximum Gasteiger partial charge on any atom is 0.250 e. The molecule has 6 heteroatoms. The Kier molecular flexibility index (Phi) is 5.39.